The monoisotopic (exact) mass is 467 g/mol. The highest BCUT2D eigenvalue weighted by Gasteiger charge is 2.34. The number of carbonyl (C=O) groups is 1. The number of alkyl halides is 3. The smallest absolute Gasteiger partial charge is 0.378 e. The number of morpholine rings is 1. The summed E-state index contributed by atoms with van der Waals surface area (Å²) < 4.78 is 60.9. The Bertz CT molecular complexity index is 1170. The molecule has 3 aromatic rings. The van der Waals surface area contributed by atoms with Crippen LogP contribution in [0.3, 0.4) is 0 Å². The van der Waals surface area contributed by atoms with Crippen LogP contribution in [0.25, 0.3) is 5.82 Å². The second kappa shape index (κ2) is 8.56. The number of anilines is 1. The van der Waals surface area contributed by atoms with Gasteiger partial charge in [0.1, 0.15) is 12.9 Å². The molecule has 176 valence electrons. The van der Waals surface area contributed by atoms with Gasteiger partial charge in [-0.2, -0.15) is 18.3 Å². The van der Waals surface area contributed by atoms with E-state index in [2.05, 4.69) is 25.7 Å². The molecule has 2 N–H and O–H groups in total. The van der Waals surface area contributed by atoms with Crippen LogP contribution in [0.1, 0.15) is 24.0 Å². The van der Waals surface area contributed by atoms with E-state index in [0.29, 0.717) is 25.5 Å². The van der Waals surface area contributed by atoms with Gasteiger partial charge in [0, 0.05) is 24.5 Å². The maximum absolute atomic E-state index is 14.7. The predicted octanol–water partition coefficient (Wildman–Crippen LogP) is 2.40. The Hall–Kier alpha value is -3.32. The average molecular weight is 467 g/mol. The Morgan fingerprint density at radius 3 is 2.76 bits per heavy atom. The van der Waals surface area contributed by atoms with Gasteiger partial charge in [-0.05, 0) is 19.9 Å². The molecule has 1 amide bonds. The molecule has 4 rings (SSSR count). The van der Waals surface area contributed by atoms with Crippen molar-refractivity contribution < 1.29 is 27.1 Å². The van der Waals surface area contributed by atoms with Crippen LogP contribution in [0.5, 0.6) is 0 Å². The Balaban J connectivity index is 1.45. The molecule has 1 atom stereocenters. The first kappa shape index (κ1) is 22.9. The summed E-state index contributed by atoms with van der Waals surface area (Å²) in [5.41, 5.74) is -0.719. The average Bonchev–Trinajstić information content (AvgIpc) is 3.36. The number of aryl methyl sites for hydroxylation is 1. The molecule has 0 aliphatic carbocycles. The van der Waals surface area contributed by atoms with Crippen LogP contribution in [0.2, 0.25) is 0 Å². The number of ether oxygens (including phenoxy) is 1. The molecule has 1 unspecified atom stereocenters. The van der Waals surface area contributed by atoms with Crippen LogP contribution >= 0.6 is 0 Å². The van der Waals surface area contributed by atoms with Crippen LogP contribution < -0.4 is 10.6 Å². The SMILES string of the molecule is Cc1cc(C(F)(F)F)nn1CC(=O)Nc1cnc(-n2cnc(C3(C)COCCN3)c2)c(F)c1. The Morgan fingerprint density at radius 2 is 2.12 bits per heavy atom. The number of imidazole rings is 1. The number of carbonyl (C=O) groups excluding carboxylic acids is 1. The summed E-state index contributed by atoms with van der Waals surface area (Å²) in [4.78, 5) is 20.6. The van der Waals surface area contributed by atoms with Gasteiger partial charge in [-0.1, -0.05) is 0 Å². The van der Waals surface area contributed by atoms with E-state index in [1.54, 1.807) is 6.20 Å². The highest BCUT2D eigenvalue weighted by atomic mass is 19.4. The second-order valence-corrected chi connectivity index (χ2v) is 7.88. The third-order valence-corrected chi connectivity index (χ3v) is 5.22. The molecule has 1 aliphatic rings. The van der Waals surface area contributed by atoms with Gasteiger partial charge in [-0.3, -0.25) is 14.0 Å². The summed E-state index contributed by atoms with van der Waals surface area (Å²) in [6.07, 6.45) is -0.292. The van der Waals surface area contributed by atoms with Crippen molar-refractivity contribution in [2.24, 2.45) is 0 Å². The maximum atomic E-state index is 14.7. The van der Waals surface area contributed by atoms with Gasteiger partial charge < -0.3 is 15.4 Å². The molecule has 13 heteroatoms. The molecule has 0 saturated carbocycles. The van der Waals surface area contributed by atoms with E-state index >= 15 is 0 Å². The molecule has 1 aliphatic heterocycles. The molecule has 0 spiro atoms. The molecule has 0 aromatic carbocycles. The fraction of sp³-hybridized carbons (Fsp3) is 0.400. The highest BCUT2D eigenvalue weighted by molar-refractivity contribution is 5.90. The van der Waals surface area contributed by atoms with Crippen LogP contribution in [-0.4, -0.2) is 50.0 Å². The van der Waals surface area contributed by atoms with Gasteiger partial charge in [0.25, 0.3) is 0 Å². The van der Waals surface area contributed by atoms with Crippen molar-refractivity contribution in [3.8, 4) is 5.82 Å². The predicted molar refractivity (Wildman–Crippen MR) is 108 cm³/mol. The fourth-order valence-electron chi connectivity index (χ4n) is 3.45. The van der Waals surface area contributed by atoms with Gasteiger partial charge in [0.2, 0.25) is 5.91 Å². The van der Waals surface area contributed by atoms with Crippen LogP contribution in [0, 0.1) is 12.7 Å². The molecular weight excluding hydrogens is 446 g/mol. The Morgan fingerprint density at radius 1 is 1.33 bits per heavy atom. The third kappa shape index (κ3) is 4.88. The lowest BCUT2D eigenvalue weighted by atomic mass is 9.99. The lowest BCUT2D eigenvalue weighted by molar-refractivity contribution is -0.141. The van der Waals surface area contributed by atoms with E-state index in [1.807, 2.05) is 6.92 Å². The number of halogens is 4. The summed E-state index contributed by atoms with van der Waals surface area (Å²) in [6.45, 7) is 4.55. The van der Waals surface area contributed by atoms with Crippen molar-refractivity contribution in [1.29, 1.82) is 0 Å². The molecule has 0 bridgehead atoms. The van der Waals surface area contributed by atoms with E-state index < -0.39 is 35.7 Å². The van der Waals surface area contributed by atoms with Gasteiger partial charge in [0.05, 0.1) is 36.3 Å². The molecular formula is C20H21F4N7O2. The zero-order valence-corrected chi connectivity index (χ0v) is 17.8. The normalized spacial score (nSPS) is 19.0. The van der Waals surface area contributed by atoms with Crippen LogP contribution in [0.4, 0.5) is 23.2 Å². The largest absolute Gasteiger partial charge is 0.435 e. The van der Waals surface area contributed by atoms with Gasteiger partial charge in [-0.15, -0.1) is 0 Å². The minimum Gasteiger partial charge on any atom is -0.378 e. The van der Waals surface area contributed by atoms with Crippen LogP contribution in [0.15, 0.2) is 30.9 Å². The van der Waals surface area contributed by atoms with Gasteiger partial charge >= 0.3 is 6.18 Å². The third-order valence-electron chi connectivity index (χ3n) is 5.22. The molecule has 1 fully saturated rings. The molecule has 0 radical (unpaired) electrons. The fourth-order valence-corrected chi connectivity index (χ4v) is 3.45. The maximum Gasteiger partial charge on any atom is 0.435 e. The minimum atomic E-state index is -4.61. The van der Waals surface area contributed by atoms with Gasteiger partial charge in [0.15, 0.2) is 17.3 Å². The van der Waals surface area contributed by atoms with Crippen molar-refractivity contribution in [3.63, 3.8) is 0 Å². The molecule has 33 heavy (non-hydrogen) atoms. The Kier molecular flexibility index (Phi) is 5.93. The molecule has 3 aromatic heterocycles. The van der Waals surface area contributed by atoms with Gasteiger partial charge in [-0.25, -0.2) is 14.4 Å². The highest BCUT2D eigenvalue weighted by Crippen LogP contribution is 2.28. The van der Waals surface area contributed by atoms with Crippen molar-refractivity contribution in [2.45, 2.75) is 32.1 Å². The van der Waals surface area contributed by atoms with Crippen molar-refractivity contribution >= 4 is 11.6 Å². The second-order valence-electron chi connectivity index (χ2n) is 7.88. The standard InChI is InChI=1S/C20H21F4N7O2/c1-12-5-15(20(22,23)24)29-31(12)9-17(32)28-13-6-14(21)18(25-7-13)30-8-16(26-11-30)19(2)10-33-4-3-27-19/h5-8,11,27H,3-4,9-10H2,1-2H3,(H,28,32). The first-order valence-electron chi connectivity index (χ1n) is 10.00. The Labute approximate surface area is 185 Å². The molecule has 4 heterocycles. The lowest BCUT2D eigenvalue weighted by Gasteiger charge is -2.33. The first-order chi connectivity index (χ1) is 15.5. The number of pyridine rings is 1. The number of aromatic nitrogens is 5. The molecule has 1 saturated heterocycles. The number of nitrogens with zero attached hydrogens (tertiary/aromatic N) is 5. The summed E-state index contributed by atoms with van der Waals surface area (Å²) >= 11 is 0. The van der Waals surface area contributed by atoms with E-state index in [4.69, 9.17) is 4.74 Å². The zero-order valence-electron chi connectivity index (χ0n) is 17.8. The number of hydrogen-bond donors (Lipinski definition) is 2. The molecule has 9 nitrogen and oxygen atoms in total. The minimum absolute atomic E-state index is 0.0233. The van der Waals surface area contributed by atoms with Crippen LogP contribution in [-0.2, 0) is 27.8 Å². The topological polar surface area (TPSA) is 98.9 Å². The van der Waals surface area contributed by atoms with E-state index in [9.17, 15) is 22.4 Å². The van der Waals surface area contributed by atoms with Crippen molar-refractivity contribution in [3.05, 3.63) is 53.8 Å². The lowest BCUT2D eigenvalue weighted by Crippen LogP contribution is -2.49. The van der Waals surface area contributed by atoms with Crippen molar-refractivity contribution in [2.75, 3.05) is 25.1 Å². The summed E-state index contributed by atoms with van der Waals surface area (Å²) in [5, 5.41) is 9.13. The quantitative estimate of drug-likeness (QED) is 0.560. The number of amides is 1. The number of nitrogens with one attached hydrogen (secondary N) is 2. The zero-order chi connectivity index (χ0) is 23.8. The number of hydrogen-bond acceptors (Lipinski definition) is 6. The van der Waals surface area contributed by atoms with Crippen molar-refractivity contribution in [1.82, 2.24) is 29.6 Å². The summed E-state index contributed by atoms with van der Waals surface area (Å²) in [5.74, 6) is -1.42. The summed E-state index contributed by atoms with van der Waals surface area (Å²) in [7, 11) is 0. The first-order valence-corrected chi connectivity index (χ1v) is 10.00. The van der Waals surface area contributed by atoms with E-state index in [-0.39, 0.29) is 17.2 Å². The van der Waals surface area contributed by atoms with E-state index in [1.165, 1.54) is 24.0 Å². The van der Waals surface area contributed by atoms with E-state index in [0.717, 1.165) is 16.8 Å². The number of rotatable bonds is 5. The summed E-state index contributed by atoms with van der Waals surface area (Å²) in [6, 6.07) is 1.92.